The highest BCUT2D eigenvalue weighted by atomic mass is 16.5. The van der Waals surface area contributed by atoms with Gasteiger partial charge in [0.1, 0.15) is 11.5 Å². The number of nitrogens with zero attached hydrogens (tertiary/aromatic N) is 1. The predicted molar refractivity (Wildman–Crippen MR) is 102 cm³/mol. The number of carbonyl (C=O) groups excluding carboxylic acids is 1. The van der Waals surface area contributed by atoms with E-state index in [0.717, 1.165) is 49.1 Å². The summed E-state index contributed by atoms with van der Waals surface area (Å²) < 4.78 is 6.11. The number of hydrogen-bond donors (Lipinski definition) is 1. The molecule has 1 N–H and O–H groups in total. The Hall–Kier alpha value is -2.54. The number of aryl methyl sites for hydroxylation is 1. The summed E-state index contributed by atoms with van der Waals surface area (Å²) in [4.78, 5) is 11.4. The van der Waals surface area contributed by atoms with Crippen molar-refractivity contribution in [3.63, 3.8) is 0 Å². The van der Waals surface area contributed by atoms with Gasteiger partial charge < -0.3 is 10.1 Å². The van der Waals surface area contributed by atoms with Crippen LogP contribution in [0.15, 0.2) is 42.1 Å². The molecule has 0 amide bonds. The SMILES string of the molecule is CC(=O)C1C=CC(NC2CCC(Oc3ccc(C#N)c(C)c3)CC2)=CC1. The molecule has 0 aromatic heterocycles. The van der Waals surface area contributed by atoms with E-state index in [4.69, 9.17) is 10.00 Å². The van der Waals surface area contributed by atoms with Crippen LogP contribution in [0.1, 0.15) is 50.2 Å². The lowest BCUT2D eigenvalue weighted by Crippen LogP contribution is -2.36. The summed E-state index contributed by atoms with van der Waals surface area (Å²) in [6.07, 6.45) is 11.4. The second-order valence-corrected chi connectivity index (χ2v) is 7.30. The zero-order valence-electron chi connectivity index (χ0n) is 15.5. The number of benzene rings is 1. The smallest absolute Gasteiger partial charge is 0.136 e. The van der Waals surface area contributed by atoms with E-state index >= 15 is 0 Å². The fraction of sp³-hybridized carbons (Fsp3) is 0.455. The lowest BCUT2D eigenvalue weighted by molar-refractivity contribution is -0.119. The van der Waals surface area contributed by atoms with Gasteiger partial charge in [0.05, 0.1) is 17.7 Å². The fourth-order valence-corrected chi connectivity index (χ4v) is 3.62. The minimum atomic E-state index is 0.0422. The van der Waals surface area contributed by atoms with Crippen LogP contribution in [0.3, 0.4) is 0 Å². The molecular formula is C22H26N2O2. The Morgan fingerprint density at radius 2 is 2.04 bits per heavy atom. The number of hydrogen-bond acceptors (Lipinski definition) is 4. The monoisotopic (exact) mass is 350 g/mol. The van der Waals surface area contributed by atoms with Crippen LogP contribution in [-0.2, 0) is 4.79 Å². The summed E-state index contributed by atoms with van der Waals surface area (Å²) in [7, 11) is 0. The van der Waals surface area contributed by atoms with Crippen molar-refractivity contribution in [1.82, 2.24) is 5.32 Å². The molecule has 0 radical (unpaired) electrons. The third kappa shape index (κ3) is 4.54. The van der Waals surface area contributed by atoms with Gasteiger partial charge in [0.2, 0.25) is 0 Å². The summed E-state index contributed by atoms with van der Waals surface area (Å²) in [5, 5.41) is 12.6. The van der Waals surface area contributed by atoms with Gasteiger partial charge in [-0.05, 0) is 75.8 Å². The summed E-state index contributed by atoms with van der Waals surface area (Å²) in [6.45, 7) is 3.59. The molecule has 0 bridgehead atoms. The zero-order chi connectivity index (χ0) is 18.5. The number of ether oxygens (including phenoxy) is 1. The normalized spacial score (nSPS) is 25.1. The molecule has 0 aliphatic heterocycles. The largest absolute Gasteiger partial charge is 0.490 e. The van der Waals surface area contributed by atoms with Gasteiger partial charge >= 0.3 is 0 Å². The minimum Gasteiger partial charge on any atom is -0.490 e. The molecule has 1 fully saturated rings. The first kappa shape index (κ1) is 18.3. The van der Waals surface area contributed by atoms with E-state index in [1.165, 1.54) is 0 Å². The number of allylic oxidation sites excluding steroid dienone is 3. The van der Waals surface area contributed by atoms with Crippen molar-refractivity contribution in [3.05, 3.63) is 53.3 Å². The van der Waals surface area contributed by atoms with Crippen molar-refractivity contribution in [2.75, 3.05) is 0 Å². The summed E-state index contributed by atoms with van der Waals surface area (Å²) in [6, 6.07) is 8.31. The van der Waals surface area contributed by atoms with E-state index in [2.05, 4.69) is 17.5 Å². The van der Waals surface area contributed by atoms with E-state index < -0.39 is 0 Å². The van der Waals surface area contributed by atoms with Crippen LogP contribution in [0, 0.1) is 24.2 Å². The molecule has 2 aliphatic carbocycles. The van der Waals surface area contributed by atoms with Crippen LogP contribution in [0.4, 0.5) is 0 Å². The molecule has 4 nitrogen and oxygen atoms in total. The Labute approximate surface area is 155 Å². The van der Waals surface area contributed by atoms with Crippen LogP contribution < -0.4 is 10.1 Å². The molecule has 4 heteroatoms. The fourth-order valence-electron chi connectivity index (χ4n) is 3.62. The molecule has 1 aromatic rings. The predicted octanol–water partition coefficient (Wildman–Crippen LogP) is 4.20. The molecule has 1 unspecified atom stereocenters. The van der Waals surface area contributed by atoms with Gasteiger partial charge in [-0.3, -0.25) is 4.79 Å². The number of rotatable bonds is 5. The Kier molecular flexibility index (Phi) is 5.78. The molecule has 26 heavy (non-hydrogen) atoms. The molecule has 136 valence electrons. The van der Waals surface area contributed by atoms with Crippen molar-refractivity contribution < 1.29 is 9.53 Å². The molecule has 1 atom stereocenters. The average molecular weight is 350 g/mol. The van der Waals surface area contributed by atoms with E-state index in [1.54, 1.807) is 6.92 Å². The molecule has 2 aliphatic rings. The molecule has 0 saturated heterocycles. The van der Waals surface area contributed by atoms with Crippen molar-refractivity contribution in [2.24, 2.45) is 5.92 Å². The molecule has 1 aromatic carbocycles. The van der Waals surface area contributed by atoms with E-state index in [-0.39, 0.29) is 17.8 Å². The Bertz CT molecular complexity index is 765. The molecule has 3 rings (SSSR count). The maximum absolute atomic E-state index is 11.4. The van der Waals surface area contributed by atoms with Gasteiger partial charge in [-0.2, -0.15) is 5.26 Å². The van der Waals surface area contributed by atoms with Crippen LogP contribution in [0.5, 0.6) is 5.75 Å². The number of Topliss-reactive ketones (excluding diaryl/α,β-unsaturated/α-hetero) is 1. The first-order valence-electron chi connectivity index (χ1n) is 9.38. The first-order chi connectivity index (χ1) is 12.5. The Morgan fingerprint density at radius 1 is 1.27 bits per heavy atom. The van der Waals surface area contributed by atoms with Crippen molar-refractivity contribution in [1.29, 1.82) is 5.26 Å². The lowest BCUT2D eigenvalue weighted by Gasteiger charge is -2.31. The molecular weight excluding hydrogens is 324 g/mol. The number of ketones is 1. The number of nitrogens with one attached hydrogen (secondary N) is 1. The Balaban J connectivity index is 1.46. The van der Waals surface area contributed by atoms with Crippen LogP contribution >= 0.6 is 0 Å². The maximum atomic E-state index is 11.4. The van der Waals surface area contributed by atoms with Crippen molar-refractivity contribution in [2.45, 2.75) is 58.1 Å². The van der Waals surface area contributed by atoms with Gasteiger partial charge in [0.15, 0.2) is 0 Å². The van der Waals surface area contributed by atoms with E-state index in [9.17, 15) is 4.79 Å². The Morgan fingerprint density at radius 3 is 2.62 bits per heavy atom. The minimum absolute atomic E-state index is 0.0422. The van der Waals surface area contributed by atoms with Crippen LogP contribution in [0.2, 0.25) is 0 Å². The summed E-state index contributed by atoms with van der Waals surface area (Å²) in [5.74, 6) is 1.12. The zero-order valence-corrected chi connectivity index (χ0v) is 15.5. The van der Waals surface area contributed by atoms with Crippen molar-refractivity contribution in [3.8, 4) is 11.8 Å². The average Bonchev–Trinajstić information content (AvgIpc) is 2.64. The topological polar surface area (TPSA) is 62.1 Å². The van der Waals surface area contributed by atoms with Gasteiger partial charge in [-0.15, -0.1) is 0 Å². The quantitative estimate of drug-likeness (QED) is 0.865. The van der Waals surface area contributed by atoms with Crippen LogP contribution in [-0.4, -0.2) is 17.9 Å². The third-order valence-corrected chi connectivity index (χ3v) is 5.29. The summed E-state index contributed by atoms with van der Waals surface area (Å²) in [5.41, 5.74) is 2.79. The van der Waals surface area contributed by atoms with Gasteiger partial charge in [0.25, 0.3) is 0 Å². The number of carbonyl (C=O) groups is 1. The van der Waals surface area contributed by atoms with E-state index in [0.29, 0.717) is 11.6 Å². The highest BCUT2D eigenvalue weighted by Gasteiger charge is 2.23. The number of nitriles is 1. The first-order valence-corrected chi connectivity index (χ1v) is 9.38. The van der Waals surface area contributed by atoms with Gasteiger partial charge in [-0.25, -0.2) is 0 Å². The second-order valence-electron chi connectivity index (χ2n) is 7.30. The highest BCUT2D eigenvalue weighted by Crippen LogP contribution is 2.26. The third-order valence-electron chi connectivity index (χ3n) is 5.29. The van der Waals surface area contributed by atoms with Crippen LogP contribution in [0.25, 0.3) is 0 Å². The maximum Gasteiger partial charge on any atom is 0.136 e. The summed E-state index contributed by atoms with van der Waals surface area (Å²) >= 11 is 0. The standard InChI is InChI=1S/C22H26N2O2/c1-15-13-22(10-5-18(15)14-23)26-21-11-8-20(9-12-21)24-19-6-3-17(4-7-19)16(2)25/h3,5-7,10,13,17,20-21,24H,4,8-9,11-12H2,1-2H3. The molecule has 1 saturated carbocycles. The van der Waals surface area contributed by atoms with Gasteiger partial charge in [0, 0.05) is 17.7 Å². The lowest BCUT2D eigenvalue weighted by atomic mass is 9.91. The highest BCUT2D eigenvalue weighted by molar-refractivity contribution is 5.80. The second kappa shape index (κ2) is 8.23. The van der Waals surface area contributed by atoms with Crippen molar-refractivity contribution >= 4 is 5.78 Å². The van der Waals surface area contributed by atoms with E-state index in [1.807, 2.05) is 37.3 Å². The molecule has 0 spiro atoms. The van der Waals surface area contributed by atoms with Gasteiger partial charge in [-0.1, -0.05) is 12.2 Å². The molecule has 0 heterocycles.